The average molecular weight is 245 g/mol. The molecule has 0 aromatic carbocycles. The molecule has 0 unspecified atom stereocenters. The Hall–Kier alpha value is -2.21. The largest absolute Gasteiger partial charge is 0.477 e. The van der Waals surface area contributed by atoms with Gasteiger partial charge in [0.25, 0.3) is 0 Å². The standard InChI is InChI=1S/C11H7N3O2S/c15-11(16)8-5-13-10(14-8)6-3-9-7(12-4-6)1-2-17-9/h1-5H,(H,13,14)(H,15,16). The van der Waals surface area contributed by atoms with Gasteiger partial charge in [0.05, 0.1) is 16.4 Å². The second-order valence-electron chi connectivity index (χ2n) is 3.48. The summed E-state index contributed by atoms with van der Waals surface area (Å²) in [5, 5.41) is 10.8. The van der Waals surface area contributed by atoms with Crippen molar-refractivity contribution < 1.29 is 9.90 Å². The molecule has 3 heterocycles. The summed E-state index contributed by atoms with van der Waals surface area (Å²) < 4.78 is 1.05. The zero-order valence-electron chi connectivity index (χ0n) is 8.54. The molecule has 84 valence electrons. The van der Waals surface area contributed by atoms with Crippen LogP contribution in [0.15, 0.2) is 29.9 Å². The first-order valence-corrected chi connectivity index (χ1v) is 5.74. The SMILES string of the molecule is O=C(O)c1cnc(-c2cnc3ccsc3c2)[nH]1. The van der Waals surface area contributed by atoms with Gasteiger partial charge in [0.15, 0.2) is 0 Å². The lowest BCUT2D eigenvalue weighted by Gasteiger charge is -1.96. The van der Waals surface area contributed by atoms with Crippen LogP contribution in [0.25, 0.3) is 21.6 Å². The minimum atomic E-state index is -1.02. The molecule has 0 bridgehead atoms. The van der Waals surface area contributed by atoms with E-state index < -0.39 is 5.97 Å². The molecule has 0 amide bonds. The number of nitrogens with zero attached hydrogens (tertiary/aromatic N) is 2. The minimum absolute atomic E-state index is 0.0753. The normalized spacial score (nSPS) is 10.8. The van der Waals surface area contributed by atoms with Gasteiger partial charge in [-0.1, -0.05) is 0 Å². The predicted molar refractivity (Wildman–Crippen MR) is 64.2 cm³/mol. The van der Waals surface area contributed by atoms with Crippen molar-refractivity contribution in [2.24, 2.45) is 0 Å². The van der Waals surface area contributed by atoms with Crippen molar-refractivity contribution in [3.63, 3.8) is 0 Å². The van der Waals surface area contributed by atoms with Crippen LogP contribution in [0.4, 0.5) is 0 Å². The number of H-pyrrole nitrogens is 1. The number of nitrogens with one attached hydrogen (secondary N) is 1. The molecule has 0 fully saturated rings. The van der Waals surface area contributed by atoms with Crippen LogP contribution in [0.1, 0.15) is 10.5 Å². The first kappa shape index (κ1) is 9.98. The molecule has 0 atom stereocenters. The van der Waals surface area contributed by atoms with Crippen LogP contribution >= 0.6 is 11.3 Å². The molecule has 6 heteroatoms. The van der Waals surface area contributed by atoms with E-state index in [1.54, 1.807) is 17.5 Å². The van der Waals surface area contributed by atoms with E-state index in [1.165, 1.54) is 6.20 Å². The van der Waals surface area contributed by atoms with Crippen molar-refractivity contribution >= 4 is 27.5 Å². The van der Waals surface area contributed by atoms with Crippen molar-refractivity contribution in [2.45, 2.75) is 0 Å². The Morgan fingerprint density at radius 3 is 3.00 bits per heavy atom. The molecule has 5 nitrogen and oxygen atoms in total. The number of rotatable bonds is 2. The van der Waals surface area contributed by atoms with Crippen molar-refractivity contribution in [3.05, 3.63) is 35.6 Å². The number of carboxylic acids is 1. The summed E-state index contributed by atoms with van der Waals surface area (Å²) in [6.45, 7) is 0. The Kier molecular flexibility index (Phi) is 2.15. The molecule has 0 aliphatic rings. The smallest absolute Gasteiger partial charge is 0.353 e. The molecular formula is C11H7N3O2S. The van der Waals surface area contributed by atoms with Crippen molar-refractivity contribution in [2.75, 3.05) is 0 Å². The van der Waals surface area contributed by atoms with Crippen LogP contribution < -0.4 is 0 Å². The summed E-state index contributed by atoms with van der Waals surface area (Å²) in [7, 11) is 0. The molecule has 0 spiro atoms. The van der Waals surface area contributed by atoms with Gasteiger partial charge in [-0.25, -0.2) is 9.78 Å². The molecule has 3 aromatic heterocycles. The first-order chi connectivity index (χ1) is 8.24. The summed E-state index contributed by atoms with van der Waals surface area (Å²) in [5.41, 5.74) is 1.79. The van der Waals surface area contributed by atoms with Crippen molar-refractivity contribution in [3.8, 4) is 11.4 Å². The number of fused-ring (bicyclic) bond motifs is 1. The summed E-state index contributed by atoms with van der Waals surface area (Å²) in [6, 6.07) is 3.88. The molecule has 17 heavy (non-hydrogen) atoms. The van der Waals surface area contributed by atoms with E-state index in [-0.39, 0.29) is 5.69 Å². The second kappa shape index (κ2) is 3.67. The van der Waals surface area contributed by atoms with Crippen LogP contribution in [-0.2, 0) is 0 Å². The van der Waals surface area contributed by atoms with Gasteiger partial charge in [-0.05, 0) is 17.5 Å². The van der Waals surface area contributed by atoms with E-state index in [2.05, 4.69) is 15.0 Å². The highest BCUT2D eigenvalue weighted by Crippen LogP contribution is 2.24. The molecule has 0 radical (unpaired) electrons. The predicted octanol–water partition coefficient (Wildman–Crippen LogP) is 2.38. The highest BCUT2D eigenvalue weighted by atomic mass is 32.1. The third-order valence-corrected chi connectivity index (χ3v) is 3.24. The number of aromatic amines is 1. The number of hydrogen-bond acceptors (Lipinski definition) is 4. The number of aromatic nitrogens is 3. The summed E-state index contributed by atoms with van der Waals surface area (Å²) in [6.07, 6.45) is 2.98. The monoisotopic (exact) mass is 245 g/mol. The van der Waals surface area contributed by atoms with E-state index in [0.29, 0.717) is 5.82 Å². The zero-order chi connectivity index (χ0) is 11.8. The van der Waals surface area contributed by atoms with Crippen molar-refractivity contribution in [1.82, 2.24) is 15.0 Å². The molecule has 3 rings (SSSR count). The Morgan fingerprint density at radius 1 is 1.35 bits per heavy atom. The van der Waals surface area contributed by atoms with Gasteiger partial charge in [-0.2, -0.15) is 0 Å². The fraction of sp³-hybridized carbons (Fsp3) is 0. The number of pyridine rings is 1. The minimum Gasteiger partial charge on any atom is -0.477 e. The Labute approximate surface area is 99.8 Å². The fourth-order valence-corrected chi connectivity index (χ4v) is 2.33. The molecule has 0 aliphatic heterocycles. The Bertz CT molecular complexity index is 701. The summed E-state index contributed by atoms with van der Waals surface area (Å²) >= 11 is 1.59. The van der Waals surface area contributed by atoms with Crippen LogP contribution in [0, 0.1) is 0 Å². The average Bonchev–Trinajstić information content (AvgIpc) is 2.97. The lowest BCUT2D eigenvalue weighted by atomic mass is 10.2. The van der Waals surface area contributed by atoms with Crippen LogP contribution in [0.2, 0.25) is 0 Å². The van der Waals surface area contributed by atoms with Gasteiger partial charge < -0.3 is 10.1 Å². The quantitative estimate of drug-likeness (QED) is 0.726. The maximum Gasteiger partial charge on any atom is 0.353 e. The lowest BCUT2D eigenvalue weighted by molar-refractivity contribution is 0.0691. The Morgan fingerprint density at radius 2 is 2.24 bits per heavy atom. The third-order valence-electron chi connectivity index (χ3n) is 2.38. The van der Waals surface area contributed by atoms with Crippen LogP contribution in [0.5, 0.6) is 0 Å². The highest BCUT2D eigenvalue weighted by molar-refractivity contribution is 7.17. The molecule has 0 saturated heterocycles. The number of aromatic carboxylic acids is 1. The van der Waals surface area contributed by atoms with Gasteiger partial charge in [0.2, 0.25) is 0 Å². The van der Waals surface area contributed by atoms with Gasteiger partial charge in [0, 0.05) is 11.8 Å². The van der Waals surface area contributed by atoms with Crippen LogP contribution in [-0.4, -0.2) is 26.0 Å². The van der Waals surface area contributed by atoms with Gasteiger partial charge in [-0.15, -0.1) is 11.3 Å². The van der Waals surface area contributed by atoms with Gasteiger partial charge >= 0.3 is 5.97 Å². The van der Waals surface area contributed by atoms with E-state index in [1.807, 2.05) is 17.5 Å². The summed E-state index contributed by atoms with van der Waals surface area (Å²) in [4.78, 5) is 21.8. The number of carboxylic acid groups (broad SMARTS) is 1. The third kappa shape index (κ3) is 1.68. The maximum absolute atomic E-state index is 10.7. The molecule has 0 aliphatic carbocycles. The molecule has 2 N–H and O–H groups in total. The van der Waals surface area contributed by atoms with E-state index in [4.69, 9.17) is 5.11 Å². The highest BCUT2D eigenvalue weighted by Gasteiger charge is 2.09. The van der Waals surface area contributed by atoms with Gasteiger partial charge in [0.1, 0.15) is 11.5 Å². The van der Waals surface area contributed by atoms with Crippen LogP contribution in [0.3, 0.4) is 0 Å². The molecule has 0 saturated carbocycles. The zero-order valence-corrected chi connectivity index (χ0v) is 9.36. The second-order valence-corrected chi connectivity index (χ2v) is 4.43. The van der Waals surface area contributed by atoms with E-state index >= 15 is 0 Å². The fourth-order valence-electron chi connectivity index (χ4n) is 1.55. The van der Waals surface area contributed by atoms with Gasteiger partial charge in [-0.3, -0.25) is 4.98 Å². The Balaban J connectivity index is 2.09. The number of imidazole rings is 1. The number of carbonyl (C=O) groups is 1. The molecular weight excluding hydrogens is 238 g/mol. The topological polar surface area (TPSA) is 78.9 Å². The first-order valence-electron chi connectivity index (χ1n) is 4.86. The maximum atomic E-state index is 10.7. The van der Waals surface area contributed by atoms with E-state index in [9.17, 15) is 4.79 Å². The molecule has 3 aromatic rings. The van der Waals surface area contributed by atoms with E-state index in [0.717, 1.165) is 15.8 Å². The number of thiophene rings is 1. The summed E-state index contributed by atoms with van der Waals surface area (Å²) in [5.74, 6) is -0.501. The lowest BCUT2D eigenvalue weighted by Crippen LogP contribution is -1.95. The number of hydrogen-bond donors (Lipinski definition) is 2. The van der Waals surface area contributed by atoms with Crippen molar-refractivity contribution in [1.29, 1.82) is 0 Å².